The highest BCUT2D eigenvalue weighted by molar-refractivity contribution is 5.32. The number of benzene rings is 1. The maximum absolute atomic E-state index is 10.1. The monoisotopic (exact) mass is 219 g/mol. The third-order valence-electron chi connectivity index (χ3n) is 3.31. The fourth-order valence-electron chi connectivity index (χ4n) is 2.49. The van der Waals surface area contributed by atoms with Crippen molar-refractivity contribution in [2.75, 3.05) is 6.54 Å². The highest BCUT2D eigenvalue weighted by Gasteiger charge is 2.22. The molecule has 2 N–H and O–H groups in total. The molecule has 1 aliphatic rings. The fourth-order valence-corrected chi connectivity index (χ4v) is 2.49. The highest BCUT2D eigenvalue weighted by atomic mass is 16.3. The van der Waals surface area contributed by atoms with Crippen molar-refractivity contribution in [3.05, 3.63) is 35.4 Å². The number of hydrogen-bond donors (Lipinski definition) is 2. The fraction of sp³-hybridized carbons (Fsp3) is 0.571. The summed E-state index contributed by atoms with van der Waals surface area (Å²) in [6.45, 7) is 4.84. The lowest BCUT2D eigenvalue weighted by atomic mass is 9.90. The lowest BCUT2D eigenvalue weighted by Crippen LogP contribution is -2.26. The van der Waals surface area contributed by atoms with Crippen LogP contribution in [0.1, 0.15) is 37.8 Å². The van der Waals surface area contributed by atoms with Gasteiger partial charge in [0.05, 0.1) is 5.60 Å². The molecule has 0 aliphatic carbocycles. The van der Waals surface area contributed by atoms with E-state index in [1.54, 1.807) is 0 Å². The van der Waals surface area contributed by atoms with Crippen molar-refractivity contribution in [1.29, 1.82) is 0 Å². The van der Waals surface area contributed by atoms with Crippen molar-refractivity contribution in [3.63, 3.8) is 0 Å². The topological polar surface area (TPSA) is 32.3 Å². The van der Waals surface area contributed by atoms with Crippen molar-refractivity contribution in [3.8, 4) is 0 Å². The van der Waals surface area contributed by atoms with Crippen LogP contribution >= 0.6 is 0 Å². The van der Waals surface area contributed by atoms with Gasteiger partial charge in [0.25, 0.3) is 0 Å². The first-order valence-corrected chi connectivity index (χ1v) is 6.11. The summed E-state index contributed by atoms with van der Waals surface area (Å²) in [5.41, 5.74) is 1.59. The maximum atomic E-state index is 10.1. The van der Waals surface area contributed by atoms with Gasteiger partial charge in [-0.2, -0.15) is 0 Å². The van der Waals surface area contributed by atoms with Crippen LogP contribution in [0.4, 0.5) is 0 Å². The Morgan fingerprint density at radius 2 is 2.12 bits per heavy atom. The van der Waals surface area contributed by atoms with Crippen LogP contribution < -0.4 is 5.32 Å². The molecule has 1 aromatic rings. The number of rotatable bonds is 3. The molecule has 0 bridgehead atoms. The highest BCUT2D eigenvalue weighted by Crippen LogP contribution is 2.25. The molecule has 2 rings (SSSR count). The summed E-state index contributed by atoms with van der Waals surface area (Å²) in [5.74, 6) is 0. The summed E-state index contributed by atoms with van der Waals surface area (Å²) >= 11 is 0. The van der Waals surface area contributed by atoms with E-state index in [0.717, 1.165) is 18.5 Å². The molecule has 2 nitrogen and oxygen atoms in total. The molecule has 1 heterocycles. The second-order valence-electron chi connectivity index (χ2n) is 5.21. The zero-order chi connectivity index (χ0) is 11.6. The van der Waals surface area contributed by atoms with Gasteiger partial charge < -0.3 is 10.4 Å². The maximum Gasteiger partial charge on any atom is 0.0843 e. The Labute approximate surface area is 97.7 Å². The second kappa shape index (κ2) is 4.56. The largest absolute Gasteiger partial charge is 0.386 e. The summed E-state index contributed by atoms with van der Waals surface area (Å²) in [6.07, 6.45) is 3.55. The summed E-state index contributed by atoms with van der Waals surface area (Å²) in [6, 6.07) is 8.80. The molecule has 1 unspecified atom stereocenters. The van der Waals surface area contributed by atoms with E-state index in [0.29, 0.717) is 6.04 Å². The smallest absolute Gasteiger partial charge is 0.0843 e. The molecule has 1 aliphatic heterocycles. The molecule has 1 aromatic carbocycles. The van der Waals surface area contributed by atoms with Gasteiger partial charge in [-0.15, -0.1) is 0 Å². The van der Waals surface area contributed by atoms with E-state index in [1.165, 1.54) is 18.4 Å². The SMILES string of the molecule is CC(C)(O)c1ccccc1CC1CCCN1. The third-order valence-corrected chi connectivity index (χ3v) is 3.31. The molecule has 0 radical (unpaired) electrons. The van der Waals surface area contributed by atoms with E-state index < -0.39 is 5.60 Å². The Morgan fingerprint density at radius 3 is 2.75 bits per heavy atom. The second-order valence-corrected chi connectivity index (χ2v) is 5.21. The van der Waals surface area contributed by atoms with Gasteiger partial charge in [0, 0.05) is 6.04 Å². The first-order chi connectivity index (χ1) is 7.57. The summed E-state index contributed by atoms with van der Waals surface area (Å²) in [7, 11) is 0. The van der Waals surface area contributed by atoms with Crippen LogP contribution in [-0.4, -0.2) is 17.7 Å². The molecule has 88 valence electrons. The Bertz CT molecular complexity index is 348. The predicted molar refractivity (Wildman–Crippen MR) is 66.4 cm³/mol. The predicted octanol–water partition coefficient (Wildman–Crippen LogP) is 2.21. The standard InChI is InChI=1S/C14H21NO/c1-14(2,16)13-8-4-3-6-11(13)10-12-7-5-9-15-12/h3-4,6,8,12,15-16H,5,7,9-10H2,1-2H3. The van der Waals surface area contributed by atoms with Gasteiger partial charge >= 0.3 is 0 Å². The lowest BCUT2D eigenvalue weighted by molar-refractivity contribution is 0.0775. The number of hydrogen-bond acceptors (Lipinski definition) is 2. The Kier molecular flexibility index (Phi) is 3.31. The van der Waals surface area contributed by atoms with Gasteiger partial charge in [-0.25, -0.2) is 0 Å². The molecule has 0 saturated carbocycles. The zero-order valence-corrected chi connectivity index (χ0v) is 10.2. The third kappa shape index (κ3) is 2.63. The van der Waals surface area contributed by atoms with Crippen molar-refractivity contribution < 1.29 is 5.11 Å². The molecule has 2 heteroatoms. The van der Waals surface area contributed by atoms with Crippen molar-refractivity contribution in [1.82, 2.24) is 5.32 Å². The minimum Gasteiger partial charge on any atom is -0.386 e. The molecule has 0 amide bonds. The average molecular weight is 219 g/mol. The van der Waals surface area contributed by atoms with Crippen LogP contribution in [-0.2, 0) is 12.0 Å². The van der Waals surface area contributed by atoms with Crippen molar-refractivity contribution in [2.45, 2.75) is 44.8 Å². The minimum atomic E-state index is -0.741. The Morgan fingerprint density at radius 1 is 1.38 bits per heavy atom. The van der Waals surface area contributed by atoms with Gasteiger partial charge in [-0.1, -0.05) is 24.3 Å². The van der Waals surface area contributed by atoms with E-state index in [1.807, 2.05) is 26.0 Å². The molecule has 0 aromatic heterocycles. The van der Waals surface area contributed by atoms with E-state index in [2.05, 4.69) is 17.4 Å². The van der Waals surface area contributed by atoms with Crippen LogP contribution in [0.15, 0.2) is 24.3 Å². The Balaban J connectivity index is 2.19. The molecular weight excluding hydrogens is 198 g/mol. The average Bonchev–Trinajstić information content (AvgIpc) is 2.70. The van der Waals surface area contributed by atoms with Gasteiger partial charge in [0.15, 0.2) is 0 Å². The Hall–Kier alpha value is -0.860. The van der Waals surface area contributed by atoms with Crippen LogP contribution in [0.3, 0.4) is 0 Å². The van der Waals surface area contributed by atoms with Gasteiger partial charge in [-0.05, 0) is 50.8 Å². The van der Waals surface area contributed by atoms with E-state index in [4.69, 9.17) is 0 Å². The zero-order valence-electron chi connectivity index (χ0n) is 10.2. The van der Waals surface area contributed by atoms with Crippen molar-refractivity contribution >= 4 is 0 Å². The summed E-state index contributed by atoms with van der Waals surface area (Å²) < 4.78 is 0. The van der Waals surface area contributed by atoms with Gasteiger partial charge in [-0.3, -0.25) is 0 Å². The summed E-state index contributed by atoms with van der Waals surface area (Å²) in [4.78, 5) is 0. The van der Waals surface area contributed by atoms with Crippen LogP contribution in [0, 0.1) is 0 Å². The molecule has 0 spiro atoms. The van der Waals surface area contributed by atoms with E-state index in [-0.39, 0.29) is 0 Å². The van der Waals surface area contributed by atoms with Crippen LogP contribution in [0.25, 0.3) is 0 Å². The van der Waals surface area contributed by atoms with E-state index in [9.17, 15) is 5.11 Å². The first kappa shape index (κ1) is 11.6. The van der Waals surface area contributed by atoms with Gasteiger partial charge in [0.1, 0.15) is 0 Å². The minimum absolute atomic E-state index is 0.587. The van der Waals surface area contributed by atoms with Crippen LogP contribution in [0.2, 0.25) is 0 Å². The number of aliphatic hydroxyl groups is 1. The molecule has 1 fully saturated rings. The first-order valence-electron chi connectivity index (χ1n) is 6.11. The molecule has 1 saturated heterocycles. The molecule has 1 atom stereocenters. The van der Waals surface area contributed by atoms with Gasteiger partial charge in [0.2, 0.25) is 0 Å². The number of nitrogens with one attached hydrogen (secondary N) is 1. The van der Waals surface area contributed by atoms with Crippen LogP contribution in [0.5, 0.6) is 0 Å². The molecule has 16 heavy (non-hydrogen) atoms. The summed E-state index contributed by atoms with van der Waals surface area (Å²) in [5, 5.41) is 13.6. The molecular formula is C14H21NO. The lowest BCUT2D eigenvalue weighted by Gasteiger charge is -2.23. The normalized spacial score (nSPS) is 21.3. The van der Waals surface area contributed by atoms with E-state index >= 15 is 0 Å². The van der Waals surface area contributed by atoms with Crippen molar-refractivity contribution in [2.24, 2.45) is 0 Å². The quantitative estimate of drug-likeness (QED) is 0.817.